The van der Waals surface area contributed by atoms with Crippen molar-refractivity contribution in [1.29, 1.82) is 5.26 Å². The molecule has 20 heavy (non-hydrogen) atoms. The summed E-state index contributed by atoms with van der Waals surface area (Å²) in [4.78, 5) is 0. The van der Waals surface area contributed by atoms with Crippen LogP contribution in [0.5, 0.6) is 5.75 Å². The van der Waals surface area contributed by atoms with E-state index in [2.05, 4.69) is 16.1 Å². The third-order valence-corrected chi connectivity index (χ3v) is 2.64. The zero-order valence-corrected chi connectivity index (χ0v) is 10.5. The van der Waals surface area contributed by atoms with Crippen molar-refractivity contribution < 1.29 is 13.5 Å². The Kier molecular flexibility index (Phi) is 4.51. The lowest BCUT2D eigenvalue weighted by atomic mass is 10.2. The molecule has 5 heteroatoms. The Bertz CT molecular complexity index is 606. The molecule has 1 N–H and O–H groups in total. The fraction of sp³-hybridized carbons (Fsp3) is 0.133. The monoisotopic (exact) mass is 274 g/mol. The van der Waals surface area contributed by atoms with E-state index in [1.54, 1.807) is 30.3 Å². The van der Waals surface area contributed by atoms with Gasteiger partial charge in [0.15, 0.2) is 0 Å². The summed E-state index contributed by atoms with van der Waals surface area (Å²) in [5.41, 5.74) is 2.33. The van der Waals surface area contributed by atoms with E-state index in [1.807, 2.05) is 6.07 Å². The molecule has 2 aromatic rings. The van der Waals surface area contributed by atoms with E-state index in [4.69, 9.17) is 5.26 Å². The highest BCUT2D eigenvalue weighted by molar-refractivity contribution is 5.49. The molecule has 3 nitrogen and oxygen atoms in total. The molecule has 2 rings (SSSR count). The third kappa shape index (κ3) is 3.95. The molecule has 0 heterocycles. The molecule has 0 radical (unpaired) electrons. The van der Waals surface area contributed by atoms with E-state index in [1.165, 1.54) is 12.1 Å². The molecule has 0 fully saturated rings. The van der Waals surface area contributed by atoms with Crippen molar-refractivity contribution in [2.75, 3.05) is 5.32 Å². The molecule has 0 saturated heterocycles. The zero-order valence-electron chi connectivity index (χ0n) is 10.5. The van der Waals surface area contributed by atoms with E-state index in [-0.39, 0.29) is 5.75 Å². The van der Waals surface area contributed by atoms with Gasteiger partial charge in [-0.3, -0.25) is 0 Å². The van der Waals surface area contributed by atoms with E-state index in [0.717, 1.165) is 11.3 Å². The first kappa shape index (κ1) is 13.8. The van der Waals surface area contributed by atoms with Crippen LogP contribution in [0.1, 0.15) is 11.1 Å². The van der Waals surface area contributed by atoms with Gasteiger partial charge in [-0.1, -0.05) is 18.2 Å². The molecule has 0 aliphatic rings. The van der Waals surface area contributed by atoms with Crippen LogP contribution in [-0.2, 0) is 6.54 Å². The number of hydrogen-bond donors (Lipinski definition) is 1. The van der Waals surface area contributed by atoms with Crippen LogP contribution in [0.3, 0.4) is 0 Å². The number of halogens is 2. The fourth-order valence-electron chi connectivity index (χ4n) is 1.69. The summed E-state index contributed by atoms with van der Waals surface area (Å²) in [5.74, 6) is 0.134. The molecule has 0 bridgehead atoms. The van der Waals surface area contributed by atoms with Crippen LogP contribution < -0.4 is 10.1 Å². The normalized spacial score (nSPS) is 10.1. The maximum absolute atomic E-state index is 12.0. The summed E-state index contributed by atoms with van der Waals surface area (Å²) in [7, 11) is 0. The second kappa shape index (κ2) is 6.53. The van der Waals surface area contributed by atoms with Crippen LogP contribution >= 0.6 is 0 Å². The molecule has 0 spiro atoms. The van der Waals surface area contributed by atoms with Crippen molar-refractivity contribution in [3.63, 3.8) is 0 Å². The lowest BCUT2D eigenvalue weighted by Crippen LogP contribution is -2.03. The lowest BCUT2D eigenvalue weighted by molar-refractivity contribution is -0.0498. The largest absolute Gasteiger partial charge is 0.435 e. The van der Waals surface area contributed by atoms with Gasteiger partial charge in [-0.25, -0.2) is 0 Å². The van der Waals surface area contributed by atoms with Crippen LogP contribution in [0.4, 0.5) is 14.5 Å². The SMILES string of the molecule is N#Cc1cccc(NCc2ccc(OC(F)F)cc2)c1. The Morgan fingerprint density at radius 1 is 1.15 bits per heavy atom. The Morgan fingerprint density at radius 3 is 2.55 bits per heavy atom. The minimum atomic E-state index is -2.81. The highest BCUT2D eigenvalue weighted by Crippen LogP contribution is 2.16. The molecular formula is C15H12F2N2O. The predicted molar refractivity (Wildman–Crippen MR) is 71.6 cm³/mol. The summed E-state index contributed by atoms with van der Waals surface area (Å²) in [6.07, 6.45) is 0. The standard InChI is InChI=1S/C15H12F2N2O/c16-15(17)20-14-6-4-11(5-7-14)10-19-13-3-1-2-12(8-13)9-18/h1-8,15,19H,10H2. The fourth-order valence-corrected chi connectivity index (χ4v) is 1.69. The molecular weight excluding hydrogens is 262 g/mol. The van der Waals surface area contributed by atoms with Crippen LogP contribution in [-0.4, -0.2) is 6.61 Å². The Hall–Kier alpha value is -2.61. The Balaban J connectivity index is 1.95. The van der Waals surface area contributed by atoms with Crippen molar-refractivity contribution >= 4 is 5.69 Å². The highest BCUT2D eigenvalue weighted by atomic mass is 19.3. The van der Waals surface area contributed by atoms with Crippen molar-refractivity contribution in [3.05, 3.63) is 59.7 Å². The zero-order chi connectivity index (χ0) is 14.4. The smallest absolute Gasteiger partial charge is 0.387 e. The van der Waals surface area contributed by atoms with Gasteiger partial charge in [0, 0.05) is 12.2 Å². The number of nitrogens with zero attached hydrogens (tertiary/aromatic N) is 1. The van der Waals surface area contributed by atoms with Crippen molar-refractivity contribution in [2.45, 2.75) is 13.2 Å². The summed E-state index contributed by atoms with van der Waals surface area (Å²) in [5, 5.41) is 12.0. The maximum atomic E-state index is 12.0. The van der Waals surface area contributed by atoms with Crippen molar-refractivity contribution in [1.82, 2.24) is 0 Å². The Labute approximate surface area is 115 Å². The van der Waals surface area contributed by atoms with Gasteiger partial charge in [0.05, 0.1) is 11.6 Å². The van der Waals surface area contributed by atoms with Crippen LogP contribution in [0, 0.1) is 11.3 Å². The third-order valence-electron chi connectivity index (χ3n) is 2.64. The number of anilines is 1. The van der Waals surface area contributed by atoms with Gasteiger partial charge in [-0.2, -0.15) is 14.0 Å². The van der Waals surface area contributed by atoms with Gasteiger partial charge in [0.2, 0.25) is 0 Å². The van der Waals surface area contributed by atoms with E-state index >= 15 is 0 Å². The molecule has 0 aliphatic heterocycles. The first-order valence-electron chi connectivity index (χ1n) is 5.95. The molecule has 102 valence electrons. The summed E-state index contributed by atoms with van der Waals surface area (Å²) < 4.78 is 28.3. The van der Waals surface area contributed by atoms with Crippen LogP contribution in [0.15, 0.2) is 48.5 Å². The molecule has 0 atom stereocenters. The van der Waals surface area contributed by atoms with Crippen molar-refractivity contribution in [3.8, 4) is 11.8 Å². The number of ether oxygens (including phenoxy) is 1. The van der Waals surface area contributed by atoms with E-state index in [0.29, 0.717) is 12.1 Å². The molecule has 0 amide bonds. The highest BCUT2D eigenvalue weighted by Gasteiger charge is 2.03. The number of nitriles is 1. The lowest BCUT2D eigenvalue weighted by Gasteiger charge is -2.08. The number of alkyl halides is 2. The Morgan fingerprint density at radius 2 is 1.90 bits per heavy atom. The quantitative estimate of drug-likeness (QED) is 0.902. The molecule has 2 aromatic carbocycles. The predicted octanol–water partition coefficient (Wildman–Crippen LogP) is 3.77. The number of benzene rings is 2. The van der Waals surface area contributed by atoms with E-state index in [9.17, 15) is 8.78 Å². The minimum Gasteiger partial charge on any atom is -0.435 e. The number of rotatable bonds is 5. The summed E-state index contributed by atoms with van der Waals surface area (Å²) >= 11 is 0. The average molecular weight is 274 g/mol. The van der Waals surface area contributed by atoms with Crippen LogP contribution in [0.2, 0.25) is 0 Å². The maximum Gasteiger partial charge on any atom is 0.387 e. The second-order valence-corrected chi connectivity index (χ2v) is 4.07. The second-order valence-electron chi connectivity index (χ2n) is 4.07. The summed E-state index contributed by atoms with van der Waals surface area (Å²) in [6, 6.07) is 15.6. The average Bonchev–Trinajstić information content (AvgIpc) is 2.46. The van der Waals surface area contributed by atoms with Crippen molar-refractivity contribution in [2.24, 2.45) is 0 Å². The molecule has 0 saturated carbocycles. The molecule has 0 aliphatic carbocycles. The molecule has 0 aromatic heterocycles. The number of nitrogens with one attached hydrogen (secondary N) is 1. The van der Waals surface area contributed by atoms with Gasteiger partial charge in [0.25, 0.3) is 0 Å². The topological polar surface area (TPSA) is 45.0 Å². The summed E-state index contributed by atoms with van der Waals surface area (Å²) in [6.45, 7) is -2.28. The molecule has 0 unspecified atom stereocenters. The van der Waals surface area contributed by atoms with Gasteiger partial charge >= 0.3 is 6.61 Å². The first-order valence-corrected chi connectivity index (χ1v) is 5.95. The van der Waals surface area contributed by atoms with Crippen LogP contribution in [0.25, 0.3) is 0 Å². The van der Waals surface area contributed by atoms with Gasteiger partial charge in [-0.15, -0.1) is 0 Å². The van der Waals surface area contributed by atoms with E-state index < -0.39 is 6.61 Å². The minimum absolute atomic E-state index is 0.134. The van der Waals surface area contributed by atoms with Gasteiger partial charge < -0.3 is 10.1 Å². The number of hydrogen-bond acceptors (Lipinski definition) is 3. The first-order chi connectivity index (χ1) is 9.67. The van der Waals surface area contributed by atoms with Gasteiger partial charge in [-0.05, 0) is 35.9 Å². The van der Waals surface area contributed by atoms with Gasteiger partial charge in [0.1, 0.15) is 5.75 Å².